The number of nitrogens with zero attached hydrogens (tertiary/aromatic N) is 1. The number of hydrogen-bond donors (Lipinski definition) is 0. The predicted octanol–water partition coefficient (Wildman–Crippen LogP) is 5.83. The number of hydrogen-bond acceptors (Lipinski definition) is 2. The average molecular weight is 400 g/mol. The van der Waals surface area contributed by atoms with Gasteiger partial charge in [0, 0.05) is 30.0 Å². The van der Waals surface area contributed by atoms with Gasteiger partial charge in [-0.3, -0.25) is 14.5 Å². The van der Waals surface area contributed by atoms with Gasteiger partial charge in [-0.25, -0.2) is 0 Å². The zero-order chi connectivity index (χ0) is 19.1. The second kappa shape index (κ2) is 7.14. The van der Waals surface area contributed by atoms with E-state index in [1.807, 2.05) is 25.1 Å². The second-order valence-electron chi connectivity index (χ2n) is 7.11. The summed E-state index contributed by atoms with van der Waals surface area (Å²) in [4.78, 5) is 27.7. The van der Waals surface area contributed by atoms with Crippen LogP contribution in [0.15, 0.2) is 53.7 Å². The molecule has 2 aromatic carbocycles. The van der Waals surface area contributed by atoms with Gasteiger partial charge in [-0.1, -0.05) is 59.1 Å². The van der Waals surface area contributed by atoms with Crippen molar-refractivity contribution >= 4 is 40.6 Å². The topological polar surface area (TPSA) is 37.4 Å². The number of ketones is 1. The Labute approximate surface area is 168 Å². The van der Waals surface area contributed by atoms with E-state index in [1.54, 1.807) is 23.1 Å². The van der Waals surface area contributed by atoms with E-state index in [1.165, 1.54) is 0 Å². The van der Waals surface area contributed by atoms with Crippen LogP contribution in [0.2, 0.25) is 10.0 Å². The summed E-state index contributed by atoms with van der Waals surface area (Å²) in [6.07, 6.45) is 2.18. The summed E-state index contributed by atoms with van der Waals surface area (Å²) in [6, 6.07) is 13.3. The molecule has 0 saturated heterocycles. The Kier molecular flexibility index (Phi) is 4.83. The molecule has 0 aromatic heterocycles. The highest BCUT2D eigenvalue weighted by Gasteiger charge is 2.40. The van der Waals surface area contributed by atoms with E-state index in [0.717, 1.165) is 28.8 Å². The van der Waals surface area contributed by atoms with Crippen molar-refractivity contribution in [2.45, 2.75) is 38.5 Å². The Hall–Kier alpha value is -2.10. The summed E-state index contributed by atoms with van der Waals surface area (Å²) >= 11 is 12.6. The molecule has 0 radical (unpaired) electrons. The number of halogens is 2. The van der Waals surface area contributed by atoms with Crippen LogP contribution < -0.4 is 4.90 Å². The predicted molar refractivity (Wildman–Crippen MR) is 108 cm³/mol. The van der Waals surface area contributed by atoms with Crippen molar-refractivity contribution in [1.82, 2.24) is 0 Å². The molecule has 4 rings (SSSR count). The standard InChI is InChI=1S/C22H19Cl2NO2/c1-13-5-2-6-14(11-13)15-12-20(27)25(17-8-4-10-19(26)21(15)17)18-9-3-7-16(23)22(18)24/h2-3,5-7,9,11,15H,4,8,10,12H2,1H3. The maximum atomic E-state index is 13.2. The van der Waals surface area contributed by atoms with Crippen molar-refractivity contribution in [2.24, 2.45) is 0 Å². The van der Waals surface area contributed by atoms with Gasteiger partial charge in [0.05, 0.1) is 15.7 Å². The van der Waals surface area contributed by atoms with E-state index in [0.29, 0.717) is 28.6 Å². The van der Waals surface area contributed by atoms with Crippen molar-refractivity contribution in [2.75, 3.05) is 4.90 Å². The fraction of sp³-hybridized carbons (Fsp3) is 0.273. The number of aryl methyl sites for hydroxylation is 1. The Morgan fingerprint density at radius 2 is 1.81 bits per heavy atom. The van der Waals surface area contributed by atoms with Gasteiger partial charge in [-0.15, -0.1) is 0 Å². The third-order valence-electron chi connectivity index (χ3n) is 5.29. The van der Waals surface area contributed by atoms with E-state index in [2.05, 4.69) is 6.07 Å². The maximum Gasteiger partial charge on any atom is 0.232 e. The van der Waals surface area contributed by atoms with Crippen LogP contribution in [0.1, 0.15) is 42.7 Å². The Morgan fingerprint density at radius 3 is 2.59 bits per heavy atom. The van der Waals surface area contributed by atoms with E-state index < -0.39 is 0 Å². The molecule has 5 heteroatoms. The zero-order valence-electron chi connectivity index (χ0n) is 15.0. The molecule has 3 nitrogen and oxygen atoms in total. The lowest BCUT2D eigenvalue weighted by molar-refractivity contribution is -0.119. The van der Waals surface area contributed by atoms with Crippen LogP contribution in [0.3, 0.4) is 0 Å². The molecule has 0 bridgehead atoms. The fourth-order valence-electron chi connectivity index (χ4n) is 4.11. The van der Waals surface area contributed by atoms with Gasteiger partial charge >= 0.3 is 0 Å². The van der Waals surface area contributed by atoms with Gasteiger partial charge in [0.15, 0.2) is 5.78 Å². The molecule has 1 heterocycles. The largest absolute Gasteiger partial charge is 0.294 e. The van der Waals surface area contributed by atoms with Crippen LogP contribution >= 0.6 is 23.2 Å². The minimum atomic E-state index is -0.200. The highest BCUT2D eigenvalue weighted by atomic mass is 35.5. The molecule has 1 atom stereocenters. The third-order valence-corrected chi connectivity index (χ3v) is 6.10. The first kappa shape index (κ1) is 18.3. The van der Waals surface area contributed by atoms with E-state index in [-0.39, 0.29) is 24.0 Å². The molecule has 2 aromatic rings. The summed E-state index contributed by atoms with van der Waals surface area (Å²) in [5.41, 5.74) is 4.22. The smallest absolute Gasteiger partial charge is 0.232 e. The number of carbonyl (C=O) groups is 2. The summed E-state index contributed by atoms with van der Waals surface area (Å²) in [5, 5.41) is 0.735. The normalized spacial score (nSPS) is 20.1. The van der Waals surface area contributed by atoms with Crippen LogP contribution in [0.5, 0.6) is 0 Å². The first-order chi connectivity index (χ1) is 13.0. The van der Waals surface area contributed by atoms with Crippen LogP contribution in [0.25, 0.3) is 0 Å². The van der Waals surface area contributed by atoms with Gasteiger partial charge in [0.2, 0.25) is 5.91 Å². The molecule has 138 valence electrons. The average Bonchev–Trinajstić information content (AvgIpc) is 2.64. The maximum absolute atomic E-state index is 13.2. The number of anilines is 1. The van der Waals surface area contributed by atoms with E-state index >= 15 is 0 Å². The zero-order valence-corrected chi connectivity index (χ0v) is 16.5. The summed E-state index contributed by atoms with van der Waals surface area (Å²) in [6.45, 7) is 2.02. The summed E-state index contributed by atoms with van der Waals surface area (Å²) in [5.74, 6) is -0.132. The van der Waals surface area contributed by atoms with Gasteiger partial charge in [0.25, 0.3) is 0 Å². The van der Waals surface area contributed by atoms with Crippen molar-refractivity contribution in [3.05, 3.63) is 74.9 Å². The molecule has 0 spiro atoms. The molecule has 1 unspecified atom stereocenters. The molecule has 1 aliphatic carbocycles. The van der Waals surface area contributed by atoms with E-state index in [9.17, 15) is 9.59 Å². The van der Waals surface area contributed by atoms with E-state index in [4.69, 9.17) is 23.2 Å². The number of Topliss-reactive ketones (excluding diaryl/α,β-unsaturated/α-hetero) is 1. The number of rotatable bonds is 2. The molecule has 0 fully saturated rings. The Bertz CT molecular complexity index is 980. The van der Waals surface area contributed by atoms with Crippen LogP contribution in [0.4, 0.5) is 5.69 Å². The number of carbonyl (C=O) groups excluding carboxylic acids is 2. The molecule has 2 aliphatic rings. The molecular formula is C22H19Cl2NO2. The first-order valence-electron chi connectivity index (χ1n) is 9.07. The minimum Gasteiger partial charge on any atom is -0.294 e. The Morgan fingerprint density at radius 1 is 1.04 bits per heavy atom. The van der Waals surface area contributed by atoms with Gasteiger partial charge in [-0.2, -0.15) is 0 Å². The van der Waals surface area contributed by atoms with Gasteiger partial charge < -0.3 is 0 Å². The highest BCUT2D eigenvalue weighted by Crippen LogP contribution is 2.45. The van der Waals surface area contributed by atoms with Crippen LogP contribution in [0, 0.1) is 6.92 Å². The highest BCUT2D eigenvalue weighted by molar-refractivity contribution is 6.44. The lowest BCUT2D eigenvalue weighted by Crippen LogP contribution is -2.40. The summed E-state index contributed by atoms with van der Waals surface area (Å²) < 4.78 is 0. The molecule has 0 saturated carbocycles. The van der Waals surface area contributed by atoms with Crippen molar-refractivity contribution < 1.29 is 9.59 Å². The minimum absolute atomic E-state index is 0.0564. The quantitative estimate of drug-likeness (QED) is 0.636. The second-order valence-corrected chi connectivity index (χ2v) is 7.90. The van der Waals surface area contributed by atoms with Crippen molar-refractivity contribution in [3.8, 4) is 0 Å². The Balaban J connectivity index is 1.90. The monoisotopic (exact) mass is 399 g/mol. The molecule has 0 N–H and O–H groups in total. The van der Waals surface area contributed by atoms with Crippen LogP contribution in [-0.4, -0.2) is 11.7 Å². The number of amides is 1. The first-order valence-corrected chi connectivity index (χ1v) is 9.82. The van der Waals surface area contributed by atoms with Gasteiger partial charge in [-0.05, 0) is 37.5 Å². The van der Waals surface area contributed by atoms with Gasteiger partial charge in [0.1, 0.15) is 0 Å². The molecule has 1 amide bonds. The number of allylic oxidation sites excluding steroid dienone is 2. The van der Waals surface area contributed by atoms with Crippen molar-refractivity contribution in [1.29, 1.82) is 0 Å². The molecule has 27 heavy (non-hydrogen) atoms. The molecular weight excluding hydrogens is 381 g/mol. The third kappa shape index (κ3) is 3.19. The number of benzene rings is 2. The lowest BCUT2D eigenvalue weighted by Gasteiger charge is -2.38. The summed E-state index contributed by atoms with van der Waals surface area (Å²) in [7, 11) is 0. The van der Waals surface area contributed by atoms with Crippen molar-refractivity contribution in [3.63, 3.8) is 0 Å². The fourth-order valence-corrected chi connectivity index (χ4v) is 4.49. The van der Waals surface area contributed by atoms with Crippen LogP contribution in [-0.2, 0) is 9.59 Å². The molecule has 1 aliphatic heterocycles. The SMILES string of the molecule is Cc1cccc(C2CC(=O)N(c3cccc(Cl)c3Cl)C3=C2C(=O)CCC3)c1. The lowest BCUT2D eigenvalue weighted by atomic mass is 9.77.